The second kappa shape index (κ2) is 5.86. The van der Waals surface area contributed by atoms with Crippen LogP contribution in [0.4, 0.5) is 5.69 Å². The van der Waals surface area contributed by atoms with Crippen LogP contribution in [0.1, 0.15) is 53.5 Å². The van der Waals surface area contributed by atoms with Gasteiger partial charge in [-0.2, -0.15) is 0 Å². The molecule has 0 aromatic heterocycles. The highest BCUT2D eigenvalue weighted by molar-refractivity contribution is 6.21. The third-order valence-electron chi connectivity index (χ3n) is 5.30. The highest BCUT2D eigenvalue weighted by atomic mass is 16.2. The van der Waals surface area contributed by atoms with E-state index in [-0.39, 0.29) is 29.1 Å². The number of carbonyl (C=O) groups excluding carboxylic acids is 2. The van der Waals surface area contributed by atoms with Crippen LogP contribution in [-0.4, -0.2) is 11.8 Å². The van der Waals surface area contributed by atoms with Crippen molar-refractivity contribution in [3.05, 3.63) is 29.8 Å². The Morgan fingerprint density at radius 3 is 2.00 bits per heavy atom. The molecule has 1 atom stereocenters. The number of carbonyl (C=O) groups is 2. The molecule has 1 aromatic rings. The molecule has 1 fully saturated rings. The van der Waals surface area contributed by atoms with Crippen LogP contribution in [-0.2, 0) is 15.0 Å². The molecule has 0 N–H and O–H groups in total. The van der Waals surface area contributed by atoms with Crippen molar-refractivity contribution < 1.29 is 9.59 Å². The van der Waals surface area contributed by atoms with Gasteiger partial charge in [0.05, 0.1) is 11.6 Å². The molecule has 0 saturated carbocycles. The van der Waals surface area contributed by atoms with E-state index in [1.807, 2.05) is 38.1 Å². The van der Waals surface area contributed by atoms with Gasteiger partial charge in [0.25, 0.3) is 0 Å². The van der Waals surface area contributed by atoms with Crippen LogP contribution in [0.5, 0.6) is 0 Å². The second-order valence-corrected chi connectivity index (χ2v) is 7.55. The molecule has 2 rings (SSSR count). The molecular weight excluding hydrogens is 274 g/mol. The average Bonchev–Trinajstić information content (AvgIpc) is 2.74. The van der Waals surface area contributed by atoms with Gasteiger partial charge < -0.3 is 0 Å². The molecule has 120 valence electrons. The van der Waals surface area contributed by atoms with Crippen molar-refractivity contribution in [2.24, 2.45) is 17.8 Å². The van der Waals surface area contributed by atoms with Gasteiger partial charge in [0, 0.05) is 6.42 Å². The third kappa shape index (κ3) is 2.81. The minimum atomic E-state index is -0.181. The van der Waals surface area contributed by atoms with E-state index in [4.69, 9.17) is 0 Å². The van der Waals surface area contributed by atoms with Gasteiger partial charge in [0.2, 0.25) is 11.8 Å². The van der Waals surface area contributed by atoms with Gasteiger partial charge in [-0.1, -0.05) is 53.7 Å². The van der Waals surface area contributed by atoms with Crippen molar-refractivity contribution in [3.63, 3.8) is 0 Å². The Kier molecular flexibility index (Phi) is 4.46. The lowest BCUT2D eigenvalue weighted by Crippen LogP contribution is -2.31. The van der Waals surface area contributed by atoms with Crippen LogP contribution >= 0.6 is 0 Å². The molecule has 0 aliphatic carbocycles. The lowest BCUT2D eigenvalue weighted by atomic mass is 9.75. The monoisotopic (exact) mass is 301 g/mol. The summed E-state index contributed by atoms with van der Waals surface area (Å²) in [4.78, 5) is 26.0. The van der Waals surface area contributed by atoms with Gasteiger partial charge in [-0.3, -0.25) is 14.5 Å². The molecule has 0 spiro atoms. The minimum Gasteiger partial charge on any atom is -0.274 e. The number of hydrogen-bond donors (Lipinski definition) is 0. The van der Waals surface area contributed by atoms with Crippen LogP contribution in [0.15, 0.2) is 24.3 Å². The van der Waals surface area contributed by atoms with E-state index < -0.39 is 0 Å². The van der Waals surface area contributed by atoms with Crippen LogP contribution in [0.3, 0.4) is 0 Å². The SMILES string of the molecule is CC(C)C1CC(=O)N(c2ccc(C(C)(C)C(C)C)cc2)C1=O. The lowest BCUT2D eigenvalue weighted by molar-refractivity contribution is -0.122. The number of anilines is 1. The molecule has 1 heterocycles. The molecule has 1 aliphatic rings. The highest BCUT2D eigenvalue weighted by Crippen LogP contribution is 2.34. The molecular formula is C19H27NO2. The van der Waals surface area contributed by atoms with Crippen LogP contribution < -0.4 is 4.90 Å². The van der Waals surface area contributed by atoms with Crippen molar-refractivity contribution in [2.45, 2.75) is 53.4 Å². The molecule has 3 heteroatoms. The summed E-state index contributed by atoms with van der Waals surface area (Å²) >= 11 is 0. The van der Waals surface area contributed by atoms with E-state index >= 15 is 0 Å². The minimum absolute atomic E-state index is 0.0594. The molecule has 1 unspecified atom stereocenters. The first-order chi connectivity index (χ1) is 10.2. The highest BCUT2D eigenvalue weighted by Gasteiger charge is 2.40. The average molecular weight is 301 g/mol. The lowest BCUT2D eigenvalue weighted by Gasteiger charge is -2.30. The maximum Gasteiger partial charge on any atom is 0.237 e. The second-order valence-electron chi connectivity index (χ2n) is 7.55. The first-order valence-electron chi connectivity index (χ1n) is 8.13. The number of benzene rings is 1. The summed E-state index contributed by atoms with van der Waals surface area (Å²) in [7, 11) is 0. The van der Waals surface area contributed by atoms with E-state index in [1.54, 1.807) is 0 Å². The molecule has 1 aliphatic heterocycles. The van der Waals surface area contributed by atoms with Crippen molar-refractivity contribution in [1.82, 2.24) is 0 Å². The van der Waals surface area contributed by atoms with E-state index in [2.05, 4.69) is 27.7 Å². The first kappa shape index (κ1) is 16.7. The normalized spacial score (nSPS) is 19.6. The molecule has 1 saturated heterocycles. The number of nitrogens with zero attached hydrogens (tertiary/aromatic N) is 1. The van der Waals surface area contributed by atoms with Gasteiger partial charge in [-0.05, 0) is 34.9 Å². The van der Waals surface area contributed by atoms with Crippen molar-refractivity contribution >= 4 is 17.5 Å². The summed E-state index contributed by atoms with van der Waals surface area (Å²) < 4.78 is 0. The Bertz CT molecular complexity index is 570. The van der Waals surface area contributed by atoms with Crippen LogP contribution in [0.2, 0.25) is 0 Å². The molecule has 0 bridgehead atoms. The van der Waals surface area contributed by atoms with Gasteiger partial charge >= 0.3 is 0 Å². The van der Waals surface area contributed by atoms with Gasteiger partial charge in [-0.25, -0.2) is 0 Å². The quantitative estimate of drug-likeness (QED) is 0.783. The Hall–Kier alpha value is -1.64. The molecule has 0 radical (unpaired) electrons. The predicted octanol–water partition coefficient (Wildman–Crippen LogP) is 4.16. The molecule has 22 heavy (non-hydrogen) atoms. The molecule has 3 nitrogen and oxygen atoms in total. The summed E-state index contributed by atoms with van der Waals surface area (Å²) in [6.45, 7) is 12.8. The van der Waals surface area contributed by atoms with Gasteiger partial charge in [-0.15, -0.1) is 0 Å². The summed E-state index contributed by atoms with van der Waals surface area (Å²) in [5.74, 6) is 0.383. The largest absolute Gasteiger partial charge is 0.274 e. The Balaban J connectivity index is 2.28. The maximum absolute atomic E-state index is 12.5. The van der Waals surface area contributed by atoms with Crippen LogP contribution in [0, 0.1) is 17.8 Å². The summed E-state index contributed by atoms with van der Waals surface area (Å²) in [6.07, 6.45) is 0.329. The van der Waals surface area contributed by atoms with Gasteiger partial charge in [0.1, 0.15) is 0 Å². The number of amides is 2. The number of imide groups is 1. The number of rotatable bonds is 4. The van der Waals surface area contributed by atoms with E-state index in [0.717, 1.165) is 0 Å². The van der Waals surface area contributed by atoms with E-state index in [0.29, 0.717) is 18.0 Å². The summed E-state index contributed by atoms with van der Waals surface area (Å²) in [5.41, 5.74) is 1.99. The van der Waals surface area contributed by atoms with Gasteiger partial charge in [0.15, 0.2) is 0 Å². The molecule has 1 aromatic carbocycles. The van der Waals surface area contributed by atoms with E-state index in [9.17, 15) is 9.59 Å². The van der Waals surface area contributed by atoms with Crippen LogP contribution in [0.25, 0.3) is 0 Å². The standard InChI is InChI=1S/C19H27NO2/c1-12(2)16-11-17(21)20(18(16)22)15-9-7-14(8-10-15)19(5,6)13(3)4/h7-10,12-13,16H,11H2,1-6H3. The fourth-order valence-corrected chi connectivity index (χ4v) is 2.82. The zero-order chi connectivity index (χ0) is 16.7. The fourth-order valence-electron chi connectivity index (χ4n) is 2.82. The third-order valence-corrected chi connectivity index (χ3v) is 5.30. The summed E-state index contributed by atoms with van der Waals surface area (Å²) in [5, 5.41) is 0. The Labute approximate surface area is 133 Å². The smallest absolute Gasteiger partial charge is 0.237 e. The van der Waals surface area contributed by atoms with Crippen molar-refractivity contribution in [2.75, 3.05) is 4.90 Å². The Morgan fingerprint density at radius 2 is 1.59 bits per heavy atom. The van der Waals surface area contributed by atoms with E-state index in [1.165, 1.54) is 10.5 Å². The van der Waals surface area contributed by atoms with Crippen molar-refractivity contribution in [3.8, 4) is 0 Å². The summed E-state index contributed by atoms with van der Waals surface area (Å²) in [6, 6.07) is 7.88. The van der Waals surface area contributed by atoms with Crippen molar-refractivity contribution in [1.29, 1.82) is 0 Å². The number of hydrogen-bond acceptors (Lipinski definition) is 2. The maximum atomic E-state index is 12.5. The fraction of sp³-hybridized carbons (Fsp3) is 0.579. The molecule has 2 amide bonds. The zero-order valence-corrected chi connectivity index (χ0v) is 14.5. The topological polar surface area (TPSA) is 37.4 Å². The first-order valence-corrected chi connectivity index (χ1v) is 8.13. The Morgan fingerprint density at radius 1 is 1.05 bits per heavy atom. The zero-order valence-electron chi connectivity index (χ0n) is 14.5. The predicted molar refractivity (Wildman–Crippen MR) is 89.7 cm³/mol.